The molecule has 1 amide bonds. The maximum Gasteiger partial charge on any atom is 0.244 e. The van der Waals surface area contributed by atoms with Gasteiger partial charge in [-0.15, -0.1) is 0 Å². The summed E-state index contributed by atoms with van der Waals surface area (Å²) in [5, 5.41) is 11.3. The van der Waals surface area contributed by atoms with Crippen molar-refractivity contribution >= 4 is 12.0 Å². The molecule has 0 spiro atoms. The summed E-state index contributed by atoms with van der Waals surface area (Å²) in [5.74, 6) is -0.105. The van der Waals surface area contributed by atoms with Gasteiger partial charge in [0.05, 0.1) is 13.2 Å². The quantitative estimate of drug-likeness (QED) is 0.534. The third kappa shape index (κ3) is 7.07. The molecule has 1 aromatic carbocycles. The molecule has 1 aromatic rings. The topological polar surface area (TPSA) is 58.6 Å². The average molecular weight is 277 g/mol. The first-order chi connectivity index (χ1) is 9.76. The Hall–Kier alpha value is -1.65. The number of aliphatic hydroxyl groups excluding tert-OH is 1. The molecule has 4 heteroatoms. The number of aliphatic hydroxyl groups is 1. The van der Waals surface area contributed by atoms with Gasteiger partial charge in [-0.05, 0) is 30.0 Å². The van der Waals surface area contributed by atoms with E-state index in [-0.39, 0.29) is 12.5 Å². The van der Waals surface area contributed by atoms with Crippen molar-refractivity contribution in [3.05, 3.63) is 41.5 Å². The van der Waals surface area contributed by atoms with Crippen LogP contribution in [0.2, 0.25) is 0 Å². The van der Waals surface area contributed by atoms with E-state index in [9.17, 15) is 4.79 Å². The number of benzene rings is 1. The largest absolute Gasteiger partial charge is 0.394 e. The Kier molecular flexibility index (Phi) is 8.35. The van der Waals surface area contributed by atoms with Crippen LogP contribution in [0.4, 0.5) is 0 Å². The standard InChI is InChI=1S/C16H23NO3/c1-2-14-4-6-15(7-5-14)8-9-16(19)17-10-3-12-20-13-11-18/h4-9,18H,2-3,10-13H2,1H3,(H,17,19)/b9-8+. The van der Waals surface area contributed by atoms with Crippen molar-refractivity contribution < 1.29 is 14.6 Å². The molecule has 0 heterocycles. The van der Waals surface area contributed by atoms with E-state index in [2.05, 4.69) is 24.4 Å². The number of carbonyl (C=O) groups excluding carboxylic acids is 1. The molecule has 20 heavy (non-hydrogen) atoms. The lowest BCUT2D eigenvalue weighted by Crippen LogP contribution is -2.23. The maximum atomic E-state index is 11.5. The van der Waals surface area contributed by atoms with Crippen LogP contribution in [0.5, 0.6) is 0 Å². The van der Waals surface area contributed by atoms with Crippen molar-refractivity contribution in [3.8, 4) is 0 Å². The fraction of sp³-hybridized carbons (Fsp3) is 0.438. The van der Waals surface area contributed by atoms with Gasteiger partial charge in [0, 0.05) is 19.2 Å². The number of hydrogen-bond acceptors (Lipinski definition) is 3. The first-order valence-electron chi connectivity index (χ1n) is 6.99. The van der Waals surface area contributed by atoms with E-state index in [1.54, 1.807) is 6.08 Å². The van der Waals surface area contributed by atoms with Gasteiger partial charge in [-0.25, -0.2) is 0 Å². The molecule has 0 atom stereocenters. The van der Waals surface area contributed by atoms with Gasteiger partial charge in [0.15, 0.2) is 0 Å². The van der Waals surface area contributed by atoms with E-state index in [1.807, 2.05) is 12.1 Å². The third-order valence-corrected chi connectivity index (χ3v) is 2.82. The summed E-state index contributed by atoms with van der Waals surface area (Å²) >= 11 is 0. The van der Waals surface area contributed by atoms with Crippen LogP contribution in [0.25, 0.3) is 6.08 Å². The van der Waals surface area contributed by atoms with Crippen molar-refractivity contribution in [2.75, 3.05) is 26.4 Å². The first-order valence-corrected chi connectivity index (χ1v) is 6.99. The third-order valence-electron chi connectivity index (χ3n) is 2.82. The Morgan fingerprint density at radius 2 is 2.05 bits per heavy atom. The zero-order valence-corrected chi connectivity index (χ0v) is 12.0. The summed E-state index contributed by atoms with van der Waals surface area (Å²) in [6.07, 6.45) is 5.10. The van der Waals surface area contributed by atoms with E-state index in [4.69, 9.17) is 9.84 Å². The molecule has 0 aliphatic carbocycles. The van der Waals surface area contributed by atoms with Crippen LogP contribution in [-0.2, 0) is 16.0 Å². The Labute approximate surface area is 120 Å². The number of carbonyl (C=O) groups is 1. The van der Waals surface area contributed by atoms with Gasteiger partial charge in [0.2, 0.25) is 5.91 Å². The van der Waals surface area contributed by atoms with Crippen molar-refractivity contribution in [1.82, 2.24) is 5.32 Å². The van der Waals surface area contributed by atoms with Crippen molar-refractivity contribution in [2.45, 2.75) is 19.8 Å². The summed E-state index contributed by atoms with van der Waals surface area (Å²) in [6, 6.07) is 8.14. The van der Waals surface area contributed by atoms with Gasteiger partial charge in [-0.3, -0.25) is 4.79 Å². The predicted molar refractivity (Wildman–Crippen MR) is 80.4 cm³/mol. The summed E-state index contributed by atoms with van der Waals surface area (Å²) in [5.41, 5.74) is 2.30. The number of nitrogens with one attached hydrogen (secondary N) is 1. The van der Waals surface area contributed by atoms with Crippen LogP contribution in [-0.4, -0.2) is 37.4 Å². The van der Waals surface area contributed by atoms with E-state index in [0.29, 0.717) is 19.8 Å². The van der Waals surface area contributed by atoms with Crippen LogP contribution >= 0.6 is 0 Å². The summed E-state index contributed by atoms with van der Waals surface area (Å²) < 4.78 is 5.10. The van der Waals surface area contributed by atoms with Crippen LogP contribution in [0.3, 0.4) is 0 Å². The zero-order chi connectivity index (χ0) is 14.6. The molecular weight excluding hydrogens is 254 g/mol. The van der Waals surface area contributed by atoms with E-state index in [0.717, 1.165) is 18.4 Å². The molecule has 4 nitrogen and oxygen atoms in total. The number of ether oxygens (including phenoxy) is 1. The molecule has 0 aliphatic rings. The minimum atomic E-state index is -0.105. The molecule has 0 radical (unpaired) electrons. The van der Waals surface area contributed by atoms with Crippen LogP contribution in [0, 0.1) is 0 Å². The molecule has 2 N–H and O–H groups in total. The van der Waals surface area contributed by atoms with Crippen LogP contribution in [0.1, 0.15) is 24.5 Å². The molecule has 0 saturated carbocycles. The number of aryl methyl sites for hydroxylation is 1. The molecule has 1 rings (SSSR count). The van der Waals surface area contributed by atoms with Gasteiger partial charge in [0.25, 0.3) is 0 Å². The second-order valence-corrected chi connectivity index (χ2v) is 4.41. The minimum absolute atomic E-state index is 0.0336. The first kappa shape index (κ1) is 16.4. The fourth-order valence-corrected chi connectivity index (χ4v) is 1.65. The van der Waals surface area contributed by atoms with E-state index >= 15 is 0 Å². The lowest BCUT2D eigenvalue weighted by Gasteiger charge is -2.03. The van der Waals surface area contributed by atoms with Crippen LogP contribution in [0.15, 0.2) is 30.3 Å². The zero-order valence-electron chi connectivity index (χ0n) is 12.0. The smallest absolute Gasteiger partial charge is 0.244 e. The van der Waals surface area contributed by atoms with Gasteiger partial charge < -0.3 is 15.2 Å². The van der Waals surface area contributed by atoms with E-state index < -0.39 is 0 Å². The second kappa shape index (κ2) is 10.2. The highest BCUT2D eigenvalue weighted by Crippen LogP contribution is 2.06. The summed E-state index contributed by atoms with van der Waals surface area (Å²) in [4.78, 5) is 11.5. The molecule has 0 unspecified atom stereocenters. The monoisotopic (exact) mass is 277 g/mol. The number of rotatable bonds is 9. The van der Waals surface area contributed by atoms with E-state index in [1.165, 1.54) is 11.6 Å². The Bertz CT molecular complexity index is 412. The highest BCUT2D eigenvalue weighted by Gasteiger charge is 1.95. The van der Waals surface area contributed by atoms with Crippen molar-refractivity contribution in [3.63, 3.8) is 0 Å². The SMILES string of the molecule is CCc1ccc(/C=C/C(=O)NCCCOCCO)cc1. The normalized spacial score (nSPS) is 10.9. The summed E-state index contributed by atoms with van der Waals surface area (Å²) in [6.45, 7) is 3.61. The van der Waals surface area contributed by atoms with Gasteiger partial charge in [-0.2, -0.15) is 0 Å². The summed E-state index contributed by atoms with van der Waals surface area (Å²) in [7, 11) is 0. The molecule has 0 saturated heterocycles. The number of hydrogen-bond donors (Lipinski definition) is 2. The lowest BCUT2D eigenvalue weighted by molar-refractivity contribution is -0.116. The van der Waals surface area contributed by atoms with Gasteiger partial charge in [0.1, 0.15) is 0 Å². The fourth-order valence-electron chi connectivity index (χ4n) is 1.65. The Balaban J connectivity index is 2.22. The minimum Gasteiger partial charge on any atom is -0.394 e. The Morgan fingerprint density at radius 1 is 1.30 bits per heavy atom. The average Bonchev–Trinajstić information content (AvgIpc) is 2.49. The molecular formula is C16H23NO3. The Morgan fingerprint density at radius 3 is 2.70 bits per heavy atom. The van der Waals surface area contributed by atoms with Crippen LogP contribution < -0.4 is 5.32 Å². The van der Waals surface area contributed by atoms with Gasteiger partial charge >= 0.3 is 0 Å². The maximum absolute atomic E-state index is 11.5. The molecule has 110 valence electrons. The highest BCUT2D eigenvalue weighted by molar-refractivity contribution is 5.91. The second-order valence-electron chi connectivity index (χ2n) is 4.41. The molecule has 0 aromatic heterocycles. The molecule has 0 fully saturated rings. The van der Waals surface area contributed by atoms with Gasteiger partial charge in [-0.1, -0.05) is 31.2 Å². The lowest BCUT2D eigenvalue weighted by atomic mass is 10.1. The predicted octanol–water partition coefficient (Wildman–Crippen LogP) is 1.78. The highest BCUT2D eigenvalue weighted by atomic mass is 16.5. The molecule has 0 aliphatic heterocycles. The van der Waals surface area contributed by atoms with Crippen molar-refractivity contribution in [2.24, 2.45) is 0 Å². The van der Waals surface area contributed by atoms with Crippen molar-refractivity contribution in [1.29, 1.82) is 0 Å². The molecule has 0 bridgehead atoms. The number of amides is 1.